The summed E-state index contributed by atoms with van der Waals surface area (Å²) < 4.78 is 24.5. The highest BCUT2D eigenvalue weighted by molar-refractivity contribution is 7.52. The molecule has 2 aliphatic heterocycles. The lowest BCUT2D eigenvalue weighted by Crippen LogP contribution is -2.56. The van der Waals surface area contributed by atoms with Crippen molar-refractivity contribution >= 4 is 37.2 Å². The van der Waals surface area contributed by atoms with Gasteiger partial charge in [0.15, 0.2) is 5.96 Å². The lowest BCUT2D eigenvalue weighted by atomic mass is 9.89. The van der Waals surface area contributed by atoms with Crippen LogP contribution in [0.3, 0.4) is 0 Å². The largest absolute Gasteiger partial charge is 0.379 e. The molecule has 20 heteroatoms. The number of azide groups is 1. The Hall–Kier alpha value is -4.25. The van der Waals surface area contributed by atoms with Crippen molar-refractivity contribution in [3.8, 4) is 0 Å². The summed E-state index contributed by atoms with van der Waals surface area (Å²) in [5.74, 6) is -2.79. The van der Waals surface area contributed by atoms with E-state index in [1.54, 1.807) is 61.2 Å². The first-order valence-electron chi connectivity index (χ1n) is 23.1. The van der Waals surface area contributed by atoms with Gasteiger partial charge >= 0.3 is 7.60 Å². The molecule has 0 aromatic heterocycles. The molecule has 1 aromatic rings. The fraction of sp³-hybridized carbons (Fsp3) is 0.756. The summed E-state index contributed by atoms with van der Waals surface area (Å²) in [5.41, 5.74) is 9.13. The summed E-state index contributed by atoms with van der Waals surface area (Å²) in [5, 5.41) is 6.13. The van der Waals surface area contributed by atoms with Crippen LogP contribution < -0.4 is 5.32 Å². The highest BCUT2D eigenvalue weighted by atomic mass is 31.2. The van der Waals surface area contributed by atoms with E-state index < -0.39 is 55.5 Å². The second-order valence-electron chi connectivity index (χ2n) is 18.0. The monoisotopic (exact) mass is 933 g/mol. The Morgan fingerprint density at radius 2 is 1.58 bits per heavy atom. The number of ether oxygens (including phenoxy) is 2. The Morgan fingerprint density at radius 3 is 2.14 bits per heavy atom. The van der Waals surface area contributed by atoms with Gasteiger partial charge < -0.3 is 49.1 Å². The Bertz CT molecular complexity index is 1800. The highest BCUT2D eigenvalue weighted by Gasteiger charge is 2.44. The third-order valence-corrected chi connectivity index (χ3v) is 14.0. The predicted octanol–water partition coefficient (Wildman–Crippen LogP) is 4.73. The van der Waals surface area contributed by atoms with Crippen LogP contribution in [0.4, 0.5) is 0 Å². The summed E-state index contributed by atoms with van der Waals surface area (Å²) in [4.78, 5) is 93.2. The third-order valence-electron chi connectivity index (χ3n) is 12.9. The predicted molar refractivity (Wildman–Crippen MR) is 251 cm³/mol. The average Bonchev–Trinajstić information content (AvgIpc) is 3.76. The second kappa shape index (κ2) is 26.8. The van der Waals surface area contributed by atoms with Crippen molar-refractivity contribution in [2.24, 2.45) is 27.9 Å². The van der Waals surface area contributed by atoms with Crippen LogP contribution in [0, 0.1) is 17.8 Å². The van der Waals surface area contributed by atoms with E-state index in [4.69, 9.17) is 20.0 Å². The van der Waals surface area contributed by atoms with Crippen molar-refractivity contribution in [3.05, 3.63) is 46.3 Å². The molecule has 2 heterocycles. The molecule has 3 N–H and O–H groups in total. The van der Waals surface area contributed by atoms with E-state index in [2.05, 4.69) is 20.2 Å². The number of nitrogens with zero attached hydrogens (tertiary/aromatic N) is 9. The number of aliphatic imine (C=N–C) groups is 1. The summed E-state index contributed by atoms with van der Waals surface area (Å²) in [6.07, 6.45) is 3.14. The molecular weight excluding hydrogens is 856 g/mol. The summed E-state index contributed by atoms with van der Waals surface area (Å²) in [7, 11) is 3.82. The molecule has 366 valence electrons. The molecule has 4 amide bonds. The number of carbonyl (C=O) groups is 4. The maximum absolute atomic E-state index is 14.7. The van der Waals surface area contributed by atoms with Crippen LogP contribution in [0.1, 0.15) is 91.5 Å². The van der Waals surface area contributed by atoms with Gasteiger partial charge in [-0.25, -0.2) is 4.99 Å². The molecule has 2 fully saturated rings. The van der Waals surface area contributed by atoms with Crippen molar-refractivity contribution in [1.82, 2.24) is 29.8 Å². The molecule has 2 saturated heterocycles. The molecular formula is C45H77N10O9P. The minimum atomic E-state index is -4.73. The smallest absolute Gasteiger partial charge is 0.347 e. The van der Waals surface area contributed by atoms with Gasteiger partial charge in [0.05, 0.1) is 36.6 Å². The molecule has 2 aliphatic rings. The number of benzene rings is 1. The summed E-state index contributed by atoms with van der Waals surface area (Å²) in [6.45, 7) is 12.7. The van der Waals surface area contributed by atoms with Crippen molar-refractivity contribution in [1.29, 1.82) is 0 Å². The van der Waals surface area contributed by atoms with Crippen molar-refractivity contribution in [2.75, 3.05) is 74.6 Å². The lowest BCUT2D eigenvalue weighted by Gasteiger charge is -2.41. The normalized spacial score (nSPS) is 19.1. The number of guanidine groups is 1. The lowest BCUT2D eigenvalue weighted by molar-refractivity contribution is -0.146. The maximum atomic E-state index is 14.7. The number of methoxy groups -OCH3 is 2. The quantitative estimate of drug-likeness (QED) is 0.0244. The minimum Gasteiger partial charge on any atom is -0.379 e. The number of amides is 4. The maximum Gasteiger partial charge on any atom is 0.347 e. The molecule has 3 rings (SSSR count). The van der Waals surface area contributed by atoms with Gasteiger partial charge in [-0.15, -0.1) is 0 Å². The number of hydrogen-bond acceptors (Lipinski definition) is 9. The molecule has 1 aromatic carbocycles. The van der Waals surface area contributed by atoms with E-state index in [1.165, 1.54) is 7.11 Å². The molecule has 0 unspecified atom stereocenters. The van der Waals surface area contributed by atoms with Gasteiger partial charge in [0.2, 0.25) is 23.6 Å². The molecule has 0 radical (unpaired) electrons. The van der Waals surface area contributed by atoms with Gasteiger partial charge in [-0.3, -0.25) is 23.7 Å². The van der Waals surface area contributed by atoms with Crippen LogP contribution in [0.2, 0.25) is 0 Å². The van der Waals surface area contributed by atoms with Crippen LogP contribution in [-0.2, 0) is 39.6 Å². The van der Waals surface area contributed by atoms with Crippen molar-refractivity contribution in [3.63, 3.8) is 0 Å². The zero-order chi connectivity index (χ0) is 48.4. The van der Waals surface area contributed by atoms with Gasteiger partial charge in [-0.05, 0) is 48.6 Å². The van der Waals surface area contributed by atoms with E-state index >= 15 is 0 Å². The number of piperazine rings is 1. The van der Waals surface area contributed by atoms with E-state index in [0.29, 0.717) is 76.5 Å². The van der Waals surface area contributed by atoms with E-state index in [9.17, 15) is 33.5 Å². The number of likely N-dealkylation sites (tertiary alicyclic amines) is 1. The Kier molecular flexibility index (Phi) is 22.7. The first kappa shape index (κ1) is 55.1. The number of carbonyl (C=O) groups excluding carboxylic acids is 4. The number of rotatable bonds is 24. The van der Waals surface area contributed by atoms with Gasteiger partial charge in [0.1, 0.15) is 11.8 Å². The third kappa shape index (κ3) is 16.0. The second-order valence-corrected chi connectivity index (χ2v) is 19.8. The Morgan fingerprint density at radius 1 is 0.938 bits per heavy atom. The number of hydrogen-bond donors (Lipinski definition) is 3. The first-order valence-corrected chi connectivity index (χ1v) is 24.8. The zero-order valence-corrected chi connectivity index (χ0v) is 41.3. The van der Waals surface area contributed by atoms with Crippen LogP contribution in [0.25, 0.3) is 10.4 Å². The van der Waals surface area contributed by atoms with Crippen molar-refractivity contribution in [2.45, 2.75) is 129 Å². The number of nitrogens with one attached hydrogen (secondary N) is 1. The molecule has 0 aliphatic carbocycles. The Labute approximate surface area is 386 Å². The SMILES string of the molecule is CC[C@H](C)[C@@H]([C@@H](CC(=O)N1CCC[C@H]1[C@H](OC)[C@@H](C)C(=O)N[C@@H](Cc1ccccc1)P(=O)(O)O)OC)N(C)C(=O)[C@@H](/N=C(/N(C)C)N1CCN(C(=O)CCCCCN=[N+]=[N-])CC1)C(C)C. The fourth-order valence-corrected chi connectivity index (χ4v) is 9.73. The summed E-state index contributed by atoms with van der Waals surface area (Å²) >= 11 is 0. The Balaban J connectivity index is 1.76. The van der Waals surface area contributed by atoms with E-state index in [1.807, 2.05) is 51.6 Å². The first-order chi connectivity index (χ1) is 30.8. The highest BCUT2D eigenvalue weighted by Crippen LogP contribution is 2.41. The molecule has 65 heavy (non-hydrogen) atoms. The van der Waals surface area contributed by atoms with E-state index in [-0.39, 0.29) is 42.4 Å². The average molecular weight is 933 g/mol. The molecule has 8 atom stereocenters. The van der Waals surface area contributed by atoms with Gasteiger partial charge in [-0.2, -0.15) is 0 Å². The van der Waals surface area contributed by atoms with Crippen molar-refractivity contribution < 1.29 is 43.0 Å². The fourth-order valence-electron chi connectivity index (χ4n) is 8.99. The molecule has 0 saturated carbocycles. The van der Waals surface area contributed by atoms with Crippen LogP contribution in [-0.4, -0.2) is 175 Å². The molecule has 0 bridgehead atoms. The minimum absolute atomic E-state index is 0.0364. The molecule has 19 nitrogen and oxygen atoms in total. The molecule has 0 spiro atoms. The zero-order valence-electron chi connectivity index (χ0n) is 40.4. The standard InChI is InChI=1S/C45H77N10O9P/c1-11-32(4)41(52(8)44(59)40(31(2)3)49-45(51(6)7)54-27-25-53(26-28-54)38(56)22-16-13-17-23-47-50-46)36(63-9)30-39(57)55-24-18-21-35(55)42(64-10)33(5)43(58)48-37(65(60,61)62)29-34-19-14-12-15-20-34/h12,14-15,19-20,31-33,35-37,40-42H,11,13,16-18,21-30H2,1-10H3,(H,48,58)(H2,60,61,62)/b49-45-/t32-,33+,35-,36+,37+,40-,41-,42+/m0/s1. The van der Waals surface area contributed by atoms with Gasteiger partial charge in [0, 0.05) is 92.4 Å². The number of unbranched alkanes of at least 4 members (excludes halogenated alkanes) is 2. The van der Waals surface area contributed by atoms with E-state index in [0.717, 1.165) is 19.3 Å². The van der Waals surface area contributed by atoms with Gasteiger partial charge in [0.25, 0.3) is 0 Å². The van der Waals surface area contributed by atoms with Crippen LogP contribution in [0.15, 0.2) is 40.4 Å². The van der Waals surface area contributed by atoms with Crippen LogP contribution >= 0.6 is 7.60 Å². The number of likely N-dealkylation sites (N-methyl/N-ethyl adjacent to an activating group) is 1. The topological polar surface area (TPSA) is 234 Å². The van der Waals surface area contributed by atoms with Crippen LogP contribution in [0.5, 0.6) is 0 Å². The van der Waals surface area contributed by atoms with Gasteiger partial charge in [-0.1, -0.05) is 82.9 Å². The summed E-state index contributed by atoms with van der Waals surface area (Å²) in [6, 6.07) is 7.07.